The Labute approximate surface area is 162 Å². The molecular formula is C20H23N7O. The summed E-state index contributed by atoms with van der Waals surface area (Å²) < 4.78 is 1.69. The lowest BCUT2D eigenvalue weighted by molar-refractivity contribution is 0.323. The first-order valence-corrected chi connectivity index (χ1v) is 9.52. The van der Waals surface area contributed by atoms with Crippen molar-refractivity contribution in [3.63, 3.8) is 0 Å². The molecule has 1 saturated carbocycles. The molecule has 1 aliphatic carbocycles. The molecule has 4 rings (SSSR count). The number of aromatic nitrogens is 5. The van der Waals surface area contributed by atoms with Crippen LogP contribution >= 0.6 is 0 Å². The van der Waals surface area contributed by atoms with Gasteiger partial charge in [0.25, 0.3) is 5.56 Å². The van der Waals surface area contributed by atoms with Gasteiger partial charge in [0.1, 0.15) is 17.0 Å². The highest BCUT2D eigenvalue weighted by molar-refractivity contribution is 5.92. The predicted octanol–water partition coefficient (Wildman–Crippen LogP) is 2.81. The van der Waals surface area contributed by atoms with E-state index in [2.05, 4.69) is 25.1 Å². The summed E-state index contributed by atoms with van der Waals surface area (Å²) in [5.74, 6) is 1.76. The van der Waals surface area contributed by atoms with Gasteiger partial charge in [-0.2, -0.15) is 5.10 Å². The average molecular weight is 377 g/mol. The monoisotopic (exact) mass is 377 g/mol. The van der Waals surface area contributed by atoms with Crippen LogP contribution in [0.4, 0.5) is 0 Å². The fraction of sp³-hybridized carbons (Fsp3) is 0.400. The molecule has 0 amide bonds. The van der Waals surface area contributed by atoms with Crippen LogP contribution in [0.1, 0.15) is 43.5 Å². The maximum absolute atomic E-state index is 12.7. The van der Waals surface area contributed by atoms with Gasteiger partial charge in [-0.25, -0.2) is 14.7 Å². The third-order valence-electron chi connectivity index (χ3n) is 5.29. The molecule has 0 saturated heterocycles. The minimum Gasteiger partial charge on any atom is -0.310 e. The molecule has 3 heterocycles. The van der Waals surface area contributed by atoms with Crippen molar-refractivity contribution in [2.24, 2.45) is 15.9 Å². The number of hydrogen-bond donors (Lipinski definition) is 1. The first kappa shape index (κ1) is 18.2. The molecule has 8 heteroatoms. The predicted molar refractivity (Wildman–Crippen MR) is 110 cm³/mol. The maximum Gasteiger partial charge on any atom is 0.262 e. The largest absolute Gasteiger partial charge is 0.310 e. The summed E-state index contributed by atoms with van der Waals surface area (Å²) in [4.78, 5) is 33.4. The van der Waals surface area contributed by atoms with Crippen LogP contribution in [0.25, 0.3) is 16.7 Å². The van der Waals surface area contributed by atoms with Gasteiger partial charge in [0.05, 0.1) is 18.1 Å². The molecule has 3 aromatic heterocycles. The van der Waals surface area contributed by atoms with E-state index in [0.29, 0.717) is 16.9 Å². The van der Waals surface area contributed by atoms with E-state index in [0.717, 1.165) is 36.3 Å². The van der Waals surface area contributed by atoms with Crippen molar-refractivity contribution in [1.82, 2.24) is 24.7 Å². The van der Waals surface area contributed by atoms with E-state index in [4.69, 9.17) is 4.98 Å². The van der Waals surface area contributed by atoms with Crippen molar-refractivity contribution in [3.8, 4) is 5.69 Å². The zero-order valence-electron chi connectivity index (χ0n) is 16.3. The minimum absolute atomic E-state index is 0.100. The Bertz CT molecular complexity index is 1130. The highest BCUT2D eigenvalue weighted by atomic mass is 16.1. The highest BCUT2D eigenvalue weighted by Crippen LogP contribution is 2.42. The van der Waals surface area contributed by atoms with Crippen LogP contribution in [0, 0.1) is 12.8 Å². The van der Waals surface area contributed by atoms with Gasteiger partial charge in [-0.05, 0) is 37.8 Å². The molecule has 28 heavy (non-hydrogen) atoms. The first-order chi connectivity index (χ1) is 13.6. The molecule has 0 spiro atoms. The molecule has 0 unspecified atom stereocenters. The maximum atomic E-state index is 12.7. The molecule has 0 bridgehead atoms. The Morgan fingerprint density at radius 1 is 1.39 bits per heavy atom. The van der Waals surface area contributed by atoms with E-state index in [1.807, 2.05) is 26.1 Å². The highest BCUT2D eigenvalue weighted by Gasteiger charge is 2.37. The fourth-order valence-corrected chi connectivity index (χ4v) is 3.61. The molecule has 0 aliphatic heterocycles. The van der Waals surface area contributed by atoms with Gasteiger partial charge >= 0.3 is 0 Å². The van der Waals surface area contributed by atoms with Crippen molar-refractivity contribution in [1.29, 1.82) is 0 Å². The number of fused-ring (bicyclic) bond motifs is 1. The van der Waals surface area contributed by atoms with E-state index in [1.54, 1.807) is 30.3 Å². The summed E-state index contributed by atoms with van der Waals surface area (Å²) >= 11 is 0. The van der Waals surface area contributed by atoms with Crippen LogP contribution < -0.4 is 5.56 Å². The Kier molecular flexibility index (Phi) is 4.85. The number of aryl methyl sites for hydroxylation is 1. The van der Waals surface area contributed by atoms with Crippen LogP contribution in [-0.4, -0.2) is 43.8 Å². The van der Waals surface area contributed by atoms with Crippen LogP contribution in [0.5, 0.6) is 0 Å². The second-order valence-electron chi connectivity index (χ2n) is 7.00. The van der Waals surface area contributed by atoms with Gasteiger partial charge in [0, 0.05) is 31.3 Å². The molecule has 3 aromatic rings. The van der Waals surface area contributed by atoms with E-state index in [-0.39, 0.29) is 17.4 Å². The summed E-state index contributed by atoms with van der Waals surface area (Å²) in [7, 11) is 1.76. The summed E-state index contributed by atoms with van der Waals surface area (Å²) in [6.07, 6.45) is 9.69. The number of H-pyrrole nitrogens is 1. The molecular weight excluding hydrogens is 354 g/mol. The van der Waals surface area contributed by atoms with Crippen LogP contribution in [0.2, 0.25) is 0 Å². The van der Waals surface area contributed by atoms with Crippen molar-refractivity contribution >= 4 is 23.1 Å². The summed E-state index contributed by atoms with van der Waals surface area (Å²) in [5.41, 5.74) is 2.20. The fourth-order valence-electron chi connectivity index (χ4n) is 3.61. The minimum atomic E-state index is -0.175. The van der Waals surface area contributed by atoms with E-state index < -0.39 is 0 Å². The van der Waals surface area contributed by atoms with Crippen LogP contribution in [-0.2, 0) is 0 Å². The molecule has 0 radical (unpaired) electrons. The van der Waals surface area contributed by atoms with Crippen LogP contribution in [0.15, 0.2) is 39.4 Å². The summed E-state index contributed by atoms with van der Waals surface area (Å²) in [6, 6.07) is 1.91. The van der Waals surface area contributed by atoms with Gasteiger partial charge in [-0.1, -0.05) is 6.92 Å². The van der Waals surface area contributed by atoms with E-state index in [9.17, 15) is 4.79 Å². The number of aromatic amines is 1. The standard InChI is InChI=1S/C20H23N7O/c1-4-8-23-17(21-3)13-5-6-14(13)18-25-19-15(20(28)26-18)10-24-27(19)16-11-22-9-7-12(16)2/h7-11,13-14H,4-6H2,1-3H3,(H,25,26,28)/t13-,14+/m1/s1. The quantitative estimate of drug-likeness (QED) is 0.558. The van der Waals surface area contributed by atoms with Crippen molar-refractivity contribution in [2.75, 3.05) is 7.05 Å². The molecule has 1 fully saturated rings. The Balaban J connectivity index is 1.77. The van der Waals surface area contributed by atoms with Gasteiger partial charge in [0.2, 0.25) is 0 Å². The van der Waals surface area contributed by atoms with Crippen molar-refractivity contribution in [2.45, 2.75) is 39.0 Å². The van der Waals surface area contributed by atoms with Crippen molar-refractivity contribution in [3.05, 3.63) is 46.4 Å². The number of aliphatic imine (C=N–C) groups is 2. The second-order valence-corrected chi connectivity index (χ2v) is 7.00. The van der Waals surface area contributed by atoms with E-state index in [1.165, 1.54) is 0 Å². The molecule has 1 aliphatic rings. The zero-order valence-corrected chi connectivity index (χ0v) is 16.3. The Morgan fingerprint density at radius 3 is 2.93 bits per heavy atom. The lowest BCUT2D eigenvalue weighted by Crippen LogP contribution is -2.33. The summed E-state index contributed by atoms with van der Waals surface area (Å²) in [5, 5.41) is 4.86. The molecule has 8 nitrogen and oxygen atoms in total. The number of rotatable bonds is 4. The number of hydrogen-bond acceptors (Lipinski definition) is 5. The zero-order chi connectivity index (χ0) is 19.7. The average Bonchev–Trinajstić information content (AvgIpc) is 3.08. The number of nitrogens with zero attached hydrogens (tertiary/aromatic N) is 6. The van der Waals surface area contributed by atoms with Gasteiger partial charge < -0.3 is 4.98 Å². The van der Waals surface area contributed by atoms with Gasteiger partial charge in [-0.3, -0.25) is 14.8 Å². The first-order valence-electron chi connectivity index (χ1n) is 9.52. The Hall–Kier alpha value is -3.16. The Morgan fingerprint density at radius 2 is 2.25 bits per heavy atom. The lowest BCUT2D eigenvalue weighted by Gasteiger charge is -2.35. The second kappa shape index (κ2) is 7.46. The number of nitrogens with one attached hydrogen (secondary N) is 1. The third kappa shape index (κ3) is 3.04. The van der Waals surface area contributed by atoms with Gasteiger partial charge in [-0.15, -0.1) is 0 Å². The molecule has 0 aromatic carbocycles. The summed E-state index contributed by atoms with van der Waals surface area (Å²) in [6.45, 7) is 4.03. The molecule has 144 valence electrons. The molecule has 2 atom stereocenters. The van der Waals surface area contributed by atoms with E-state index >= 15 is 0 Å². The number of pyridine rings is 1. The molecule has 1 N–H and O–H groups in total. The SMILES string of the molecule is CCC=NC(=NC)[C@@H]1CC[C@@H]1c1nc2c(cnn2-c2cnccc2C)c(=O)[nH]1. The third-order valence-corrected chi connectivity index (χ3v) is 5.29. The van der Waals surface area contributed by atoms with Crippen molar-refractivity contribution < 1.29 is 0 Å². The van der Waals surface area contributed by atoms with Gasteiger partial charge in [0.15, 0.2) is 5.65 Å². The lowest BCUT2D eigenvalue weighted by atomic mass is 9.72. The smallest absolute Gasteiger partial charge is 0.262 e. The number of amidine groups is 1. The topological polar surface area (TPSA) is 101 Å². The van der Waals surface area contributed by atoms with Crippen LogP contribution in [0.3, 0.4) is 0 Å². The normalized spacial score (nSPS) is 20.0.